The third-order valence-electron chi connectivity index (χ3n) is 1.53. The average molecular weight is 278 g/mol. The number of carbonyl (C=O) groups is 1. The van der Waals surface area contributed by atoms with Crippen LogP contribution in [0.4, 0.5) is 0 Å². The van der Waals surface area contributed by atoms with Crippen molar-refractivity contribution >= 4 is 59.2 Å². The van der Waals surface area contributed by atoms with Crippen molar-refractivity contribution in [2.24, 2.45) is 0 Å². The van der Waals surface area contributed by atoms with Crippen LogP contribution in [0, 0.1) is 21.1 Å². The molecule has 0 aromatic rings. The largest absolute Gasteiger partial charge is 2.00 e. The second kappa shape index (κ2) is 10.7. The summed E-state index contributed by atoms with van der Waals surface area (Å²) in [6.45, 7) is 2.94. The van der Waals surface area contributed by atoms with E-state index in [1.54, 1.807) is 0 Å². The molecule has 0 spiro atoms. The zero-order chi connectivity index (χ0) is 11.0. The maximum atomic E-state index is 9.53. The molecule has 0 aromatic carbocycles. The first-order chi connectivity index (χ1) is 6.60. The van der Waals surface area contributed by atoms with Crippen LogP contribution in [0.3, 0.4) is 0 Å². The van der Waals surface area contributed by atoms with Gasteiger partial charge in [-0.25, -0.2) is 0 Å². The van der Waals surface area contributed by atoms with E-state index >= 15 is 0 Å². The smallest absolute Gasteiger partial charge is 0.668 e. The van der Waals surface area contributed by atoms with Crippen LogP contribution in [0.2, 0.25) is 0 Å². The van der Waals surface area contributed by atoms with Gasteiger partial charge in [0.1, 0.15) is 7.85 Å². The van der Waals surface area contributed by atoms with Crippen LogP contribution < -0.4 is 5.32 Å². The molecule has 1 rings (SSSR count). The van der Waals surface area contributed by atoms with E-state index in [1.807, 2.05) is 17.5 Å². The maximum Gasteiger partial charge on any atom is 2.00 e. The number of rotatable bonds is 1. The molecule has 3 nitrogen and oxygen atoms in total. The van der Waals surface area contributed by atoms with Crippen molar-refractivity contribution in [2.45, 2.75) is 12.8 Å². The molecule has 0 aliphatic heterocycles. The van der Waals surface area contributed by atoms with Gasteiger partial charge in [0.05, 0.1) is 11.7 Å². The Bertz CT molecular complexity index is 252. The van der Waals surface area contributed by atoms with Gasteiger partial charge in [-0.1, -0.05) is 6.08 Å². The second-order valence-electron chi connectivity index (χ2n) is 2.62. The number of allylic oxidation sites excluding steroid dienone is 4. The minimum absolute atomic E-state index is 0. The minimum atomic E-state index is -0.356. The molecule has 0 aromatic heterocycles. The Kier molecular flexibility index (Phi) is 12.5. The molecule has 76 valence electrons. The fourth-order valence-corrected chi connectivity index (χ4v) is 0.754. The SMILES string of the molecule is [B]C1=CC=C(O[CH2-])CC1.[CH2-]NC([CH2-])=O.[Sr+2]. The average Bonchev–Trinajstić information content (AvgIpc) is 2.20. The number of amides is 1. The molecule has 5 heteroatoms. The van der Waals surface area contributed by atoms with E-state index < -0.39 is 0 Å². The van der Waals surface area contributed by atoms with Gasteiger partial charge in [-0.2, -0.15) is 7.11 Å². The van der Waals surface area contributed by atoms with Crippen molar-refractivity contribution in [3.05, 3.63) is 44.5 Å². The quantitative estimate of drug-likeness (QED) is 0.571. The van der Waals surface area contributed by atoms with Crippen molar-refractivity contribution in [3.8, 4) is 0 Å². The second-order valence-corrected chi connectivity index (χ2v) is 2.62. The molecule has 0 atom stereocenters. The molecule has 1 aliphatic carbocycles. The van der Waals surface area contributed by atoms with Crippen LogP contribution in [0.5, 0.6) is 0 Å². The predicted molar refractivity (Wildman–Crippen MR) is 62.2 cm³/mol. The first-order valence-corrected chi connectivity index (χ1v) is 4.06. The topological polar surface area (TPSA) is 38.3 Å². The van der Waals surface area contributed by atoms with Crippen molar-refractivity contribution < 1.29 is 9.53 Å². The Morgan fingerprint density at radius 1 is 1.47 bits per heavy atom. The number of hydrogen-bond acceptors (Lipinski definition) is 2. The molecule has 0 fully saturated rings. The fraction of sp³-hybridized carbons (Fsp3) is 0.200. The van der Waals surface area contributed by atoms with E-state index in [0.29, 0.717) is 0 Å². The van der Waals surface area contributed by atoms with Crippen molar-refractivity contribution in [1.82, 2.24) is 5.32 Å². The van der Waals surface area contributed by atoms with Crippen LogP contribution in [-0.4, -0.2) is 59.2 Å². The number of carbonyl (C=O) groups excluding carboxylic acids is 1. The standard InChI is InChI=1S/C7H8BO.C3H5NO.Sr/c1-9-7-4-2-6(8)3-5-7;1-3(5)4-2;/h2,4H,1,3,5H2;1-2H2,(H,4,5);/q-1;-2;+2. The number of nitrogens with one attached hydrogen (secondary N) is 1. The van der Waals surface area contributed by atoms with Gasteiger partial charge in [0.25, 0.3) is 0 Å². The van der Waals surface area contributed by atoms with E-state index in [2.05, 4.69) is 21.1 Å². The molecule has 0 bridgehead atoms. The first kappa shape index (κ1) is 17.6. The fourth-order valence-electron chi connectivity index (χ4n) is 0.754. The van der Waals surface area contributed by atoms with Gasteiger partial charge in [0.15, 0.2) is 0 Å². The van der Waals surface area contributed by atoms with Crippen molar-refractivity contribution in [3.63, 3.8) is 0 Å². The molecule has 0 unspecified atom stereocenters. The molecule has 15 heavy (non-hydrogen) atoms. The zero-order valence-corrected chi connectivity index (χ0v) is 12.3. The molecule has 1 amide bonds. The molecular weight excluding hydrogens is 265 g/mol. The molecule has 1 N–H and O–H groups in total. The summed E-state index contributed by atoms with van der Waals surface area (Å²) >= 11 is 0. The third-order valence-corrected chi connectivity index (χ3v) is 1.53. The zero-order valence-electron chi connectivity index (χ0n) is 8.79. The number of hydrogen-bond donors (Lipinski definition) is 1. The van der Waals surface area contributed by atoms with E-state index in [4.69, 9.17) is 12.6 Å². The Morgan fingerprint density at radius 3 is 2.27 bits per heavy atom. The van der Waals surface area contributed by atoms with Crippen LogP contribution >= 0.6 is 0 Å². The Balaban J connectivity index is 0. The summed E-state index contributed by atoms with van der Waals surface area (Å²) in [5.74, 6) is 0.550. The molecule has 2 radical (unpaired) electrons. The van der Waals surface area contributed by atoms with E-state index in [0.717, 1.165) is 24.1 Å². The van der Waals surface area contributed by atoms with Crippen LogP contribution in [0.25, 0.3) is 0 Å². The van der Waals surface area contributed by atoms with Gasteiger partial charge in [0, 0.05) is 6.42 Å². The van der Waals surface area contributed by atoms with Gasteiger partial charge in [0.2, 0.25) is 0 Å². The monoisotopic (exact) mass is 278 g/mol. The van der Waals surface area contributed by atoms with Gasteiger partial charge in [-0.3, -0.25) is 7.05 Å². The number of ether oxygens (including phenoxy) is 1. The van der Waals surface area contributed by atoms with E-state index in [1.165, 1.54) is 0 Å². The van der Waals surface area contributed by atoms with Crippen LogP contribution in [0.1, 0.15) is 12.8 Å². The molecule has 1 aliphatic rings. The molecule has 0 heterocycles. The molecule has 0 saturated heterocycles. The summed E-state index contributed by atoms with van der Waals surface area (Å²) < 4.78 is 4.75. The third kappa shape index (κ3) is 10.4. The summed E-state index contributed by atoms with van der Waals surface area (Å²) in [5.41, 5.74) is 0.913. The van der Waals surface area contributed by atoms with Gasteiger partial charge < -0.3 is 21.8 Å². The van der Waals surface area contributed by atoms with Crippen LogP contribution in [-0.2, 0) is 9.53 Å². The minimum Gasteiger partial charge on any atom is -0.668 e. The van der Waals surface area contributed by atoms with E-state index in [9.17, 15) is 4.79 Å². The summed E-state index contributed by atoms with van der Waals surface area (Å²) in [7, 11) is 11.8. The maximum absolute atomic E-state index is 9.53. The molecule has 0 saturated carbocycles. The normalized spacial score (nSPS) is 13.2. The molecular formula is C10H13BNO2Sr-. The summed E-state index contributed by atoms with van der Waals surface area (Å²) in [6, 6.07) is 0. The van der Waals surface area contributed by atoms with Crippen molar-refractivity contribution in [2.75, 3.05) is 0 Å². The van der Waals surface area contributed by atoms with Crippen LogP contribution in [0.15, 0.2) is 23.4 Å². The first-order valence-electron chi connectivity index (χ1n) is 4.06. The van der Waals surface area contributed by atoms with Gasteiger partial charge in [-0.15, -0.1) is 5.47 Å². The van der Waals surface area contributed by atoms with Gasteiger partial charge in [-0.05, 0) is 12.5 Å². The Labute approximate surface area is 130 Å². The summed E-state index contributed by atoms with van der Waals surface area (Å²) in [5, 5.41) is 2.03. The Morgan fingerprint density at radius 2 is 2.00 bits per heavy atom. The summed E-state index contributed by atoms with van der Waals surface area (Å²) in [4.78, 5) is 9.53. The predicted octanol–water partition coefficient (Wildman–Crippen LogP) is 0.872. The van der Waals surface area contributed by atoms with Gasteiger partial charge >= 0.3 is 45.5 Å². The Hall–Kier alpha value is 0.165. The summed E-state index contributed by atoms with van der Waals surface area (Å²) in [6.07, 6.45) is 5.48. The van der Waals surface area contributed by atoms with E-state index in [-0.39, 0.29) is 51.4 Å². The van der Waals surface area contributed by atoms with Crippen molar-refractivity contribution in [1.29, 1.82) is 0 Å².